The molecule has 32 heavy (non-hydrogen) atoms. The molecule has 1 fully saturated rings. The number of anilines is 1. The van der Waals surface area contributed by atoms with Crippen molar-refractivity contribution in [1.82, 2.24) is 15.2 Å². The SMILES string of the molecule is COc1ccc(Cl)cc1-c1nc(S/C(=C/c2ccc(N3CCCC3)c(C)c2)C(=O)O)n[nH]1. The highest BCUT2D eigenvalue weighted by atomic mass is 35.5. The summed E-state index contributed by atoms with van der Waals surface area (Å²) in [5.74, 6) is -0.00461. The maximum Gasteiger partial charge on any atom is 0.342 e. The van der Waals surface area contributed by atoms with Crippen molar-refractivity contribution in [2.45, 2.75) is 24.9 Å². The van der Waals surface area contributed by atoms with Gasteiger partial charge >= 0.3 is 5.97 Å². The number of aryl methyl sites for hydroxylation is 1. The number of carboxylic acid groups (broad SMARTS) is 1. The summed E-state index contributed by atoms with van der Waals surface area (Å²) in [6.07, 6.45) is 4.06. The van der Waals surface area contributed by atoms with Gasteiger partial charge in [0.05, 0.1) is 12.7 Å². The number of aliphatic carboxylic acids is 1. The first-order valence-corrected chi connectivity index (χ1v) is 11.4. The van der Waals surface area contributed by atoms with Crippen LogP contribution in [0.2, 0.25) is 5.02 Å². The fourth-order valence-corrected chi connectivity index (χ4v) is 4.62. The number of rotatable bonds is 7. The monoisotopic (exact) mass is 470 g/mol. The average molecular weight is 471 g/mol. The van der Waals surface area contributed by atoms with E-state index in [1.54, 1.807) is 31.4 Å². The van der Waals surface area contributed by atoms with Crippen LogP contribution >= 0.6 is 23.4 Å². The molecular weight excluding hydrogens is 448 g/mol. The summed E-state index contributed by atoms with van der Waals surface area (Å²) in [5.41, 5.74) is 3.80. The van der Waals surface area contributed by atoms with E-state index in [-0.39, 0.29) is 4.91 Å². The minimum Gasteiger partial charge on any atom is -0.496 e. The maximum atomic E-state index is 11.9. The van der Waals surface area contributed by atoms with Crippen LogP contribution < -0.4 is 9.64 Å². The van der Waals surface area contributed by atoms with E-state index in [2.05, 4.69) is 33.1 Å². The lowest BCUT2D eigenvalue weighted by molar-refractivity contribution is -0.131. The van der Waals surface area contributed by atoms with Crippen LogP contribution in [-0.4, -0.2) is 46.5 Å². The Labute approximate surface area is 195 Å². The van der Waals surface area contributed by atoms with Crippen LogP contribution in [-0.2, 0) is 4.79 Å². The van der Waals surface area contributed by atoms with Crippen molar-refractivity contribution in [3.8, 4) is 17.1 Å². The Balaban J connectivity index is 1.57. The molecule has 7 nitrogen and oxygen atoms in total. The molecule has 1 aliphatic heterocycles. The second kappa shape index (κ2) is 9.67. The number of halogens is 1. The van der Waals surface area contributed by atoms with Gasteiger partial charge in [-0.15, -0.1) is 5.10 Å². The first-order chi connectivity index (χ1) is 15.4. The van der Waals surface area contributed by atoms with Gasteiger partial charge in [-0.3, -0.25) is 5.10 Å². The zero-order valence-electron chi connectivity index (χ0n) is 17.8. The van der Waals surface area contributed by atoms with Gasteiger partial charge in [0.2, 0.25) is 5.16 Å². The van der Waals surface area contributed by atoms with E-state index in [1.165, 1.54) is 18.5 Å². The third-order valence-corrected chi connectivity index (χ3v) is 6.37. The number of hydrogen-bond donors (Lipinski definition) is 2. The van der Waals surface area contributed by atoms with Gasteiger partial charge in [0.1, 0.15) is 10.7 Å². The summed E-state index contributed by atoms with van der Waals surface area (Å²) in [6.45, 7) is 4.19. The van der Waals surface area contributed by atoms with E-state index < -0.39 is 5.97 Å². The molecule has 0 aliphatic carbocycles. The Hall–Kier alpha value is -2.97. The van der Waals surface area contributed by atoms with Gasteiger partial charge in [0.25, 0.3) is 0 Å². The normalized spacial score (nSPS) is 14.1. The molecule has 0 atom stereocenters. The molecule has 0 radical (unpaired) electrons. The molecule has 166 valence electrons. The van der Waals surface area contributed by atoms with Crippen molar-refractivity contribution in [3.05, 3.63) is 57.5 Å². The van der Waals surface area contributed by atoms with Crippen molar-refractivity contribution in [2.24, 2.45) is 0 Å². The van der Waals surface area contributed by atoms with Crippen molar-refractivity contribution in [2.75, 3.05) is 25.1 Å². The van der Waals surface area contributed by atoms with Gasteiger partial charge in [0.15, 0.2) is 5.82 Å². The summed E-state index contributed by atoms with van der Waals surface area (Å²) in [4.78, 5) is 18.8. The smallest absolute Gasteiger partial charge is 0.342 e. The number of ether oxygens (including phenoxy) is 1. The van der Waals surface area contributed by atoms with Crippen LogP contribution in [0.15, 0.2) is 46.5 Å². The molecule has 4 rings (SSSR count). The molecule has 0 amide bonds. The number of thioether (sulfide) groups is 1. The predicted molar refractivity (Wildman–Crippen MR) is 127 cm³/mol. The van der Waals surface area contributed by atoms with Crippen LogP contribution in [0.3, 0.4) is 0 Å². The summed E-state index contributed by atoms with van der Waals surface area (Å²) < 4.78 is 5.36. The topological polar surface area (TPSA) is 91.3 Å². The average Bonchev–Trinajstić information content (AvgIpc) is 3.45. The van der Waals surface area contributed by atoms with Gasteiger partial charge in [0, 0.05) is 23.8 Å². The van der Waals surface area contributed by atoms with Gasteiger partial charge < -0.3 is 14.7 Å². The lowest BCUT2D eigenvalue weighted by Gasteiger charge is -2.20. The second-order valence-corrected chi connectivity index (χ2v) is 8.91. The number of nitrogens with zero attached hydrogens (tertiary/aromatic N) is 3. The quantitative estimate of drug-likeness (QED) is 0.359. The Morgan fingerprint density at radius 2 is 2.03 bits per heavy atom. The molecule has 1 saturated heterocycles. The molecule has 1 aliphatic rings. The molecule has 2 aromatic carbocycles. The molecule has 3 aromatic rings. The molecule has 0 saturated carbocycles. The van der Waals surface area contributed by atoms with Crippen molar-refractivity contribution >= 4 is 41.1 Å². The Bertz CT molecular complexity index is 1170. The van der Waals surface area contributed by atoms with Crippen LogP contribution in [0, 0.1) is 6.92 Å². The summed E-state index contributed by atoms with van der Waals surface area (Å²) in [5, 5.41) is 17.6. The van der Waals surface area contributed by atoms with Gasteiger partial charge in [-0.05, 0) is 79.1 Å². The molecule has 2 N–H and O–H groups in total. The molecule has 0 spiro atoms. The van der Waals surface area contributed by atoms with Crippen LogP contribution in [0.4, 0.5) is 5.69 Å². The van der Waals surface area contributed by atoms with E-state index in [9.17, 15) is 9.90 Å². The summed E-state index contributed by atoms with van der Waals surface area (Å²) >= 11 is 7.08. The number of aromatic nitrogens is 3. The standard InChI is InChI=1S/C23H23ClN4O3S/c1-14-11-15(5-7-18(14)28-9-3-4-10-28)12-20(22(29)30)32-23-25-21(26-27-23)17-13-16(24)6-8-19(17)31-2/h5-8,11-13H,3-4,9-10H2,1-2H3,(H,29,30)(H,25,26,27)/b20-12+. The number of benzene rings is 2. The highest BCUT2D eigenvalue weighted by molar-refractivity contribution is 8.04. The van der Waals surface area contributed by atoms with Crippen molar-refractivity contribution < 1.29 is 14.6 Å². The first-order valence-electron chi connectivity index (χ1n) is 10.2. The Morgan fingerprint density at radius 1 is 1.25 bits per heavy atom. The molecule has 0 unspecified atom stereocenters. The zero-order chi connectivity index (χ0) is 22.7. The van der Waals surface area contributed by atoms with E-state index in [0.29, 0.717) is 27.3 Å². The van der Waals surface area contributed by atoms with Gasteiger partial charge in [-0.1, -0.05) is 17.7 Å². The Kier molecular flexibility index (Phi) is 6.72. The van der Waals surface area contributed by atoms with Crippen LogP contribution in [0.1, 0.15) is 24.0 Å². The third-order valence-electron chi connectivity index (χ3n) is 5.26. The molecule has 0 bridgehead atoms. The second-order valence-electron chi connectivity index (χ2n) is 7.47. The fraction of sp³-hybridized carbons (Fsp3) is 0.261. The minimum atomic E-state index is -1.04. The van der Waals surface area contributed by atoms with Gasteiger partial charge in [-0.2, -0.15) is 0 Å². The zero-order valence-corrected chi connectivity index (χ0v) is 19.3. The van der Waals surface area contributed by atoms with E-state index >= 15 is 0 Å². The maximum absolute atomic E-state index is 11.9. The van der Waals surface area contributed by atoms with Crippen LogP contribution in [0.25, 0.3) is 17.5 Å². The lowest BCUT2D eigenvalue weighted by atomic mass is 10.1. The highest BCUT2D eigenvalue weighted by Gasteiger charge is 2.18. The molecule has 9 heteroatoms. The van der Waals surface area contributed by atoms with E-state index in [1.807, 2.05) is 12.1 Å². The molecule has 1 aromatic heterocycles. The first kappa shape index (κ1) is 22.2. The number of methoxy groups -OCH3 is 1. The van der Waals surface area contributed by atoms with Crippen molar-refractivity contribution in [3.63, 3.8) is 0 Å². The summed E-state index contributed by atoms with van der Waals surface area (Å²) in [6, 6.07) is 11.2. The number of H-pyrrole nitrogens is 1. The van der Waals surface area contributed by atoms with Crippen LogP contribution in [0.5, 0.6) is 5.75 Å². The fourth-order valence-electron chi connectivity index (χ4n) is 3.74. The lowest BCUT2D eigenvalue weighted by Crippen LogP contribution is -2.18. The Morgan fingerprint density at radius 3 is 2.72 bits per heavy atom. The number of carbonyl (C=O) groups is 1. The van der Waals surface area contributed by atoms with Crippen molar-refractivity contribution in [1.29, 1.82) is 0 Å². The number of carboxylic acids is 1. The largest absolute Gasteiger partial charge is 0.496 e. The molecular formula is C23H23ClN4O3S. The number of hydrogen-bond acceptors (Lipinski definition) is 6. The number of aromatic amines is 1. The van der Waals surface area contributed by atoms with E-state index in [4.69, 9.17) is 16.3 Å². The number of nitrogens with one attached hydrogen (secondary N) is 1. The summed E-state index contributed by atoms with van der Waals surface area (Å²) in [7, 11) is 1.56. The molecule has 2 heterocycles. The predicted octanol–water partition coefficient (Wildman–Crippen LogP) is 5.26. The van der Waals surface area contributed by atoms with Gasteiger partial charge in [-0.25, -0.2) is 9.78 Å². The van der Waals surface area contributed by atoms with E-state index in [0.717, 1.165) is 36.0 Å². The highest BCUT2D eigenvalue weighted by Crippen LogP contribution is 2.33. The minimum absolute atomic E-state index is 0.127. The third kappa shape index (κ3) is 4.92.